The van der Waals surface area contributed by atoms with Crippen LogP contribution in [-0.4, -0.2) is 86.4 Å². The van der Waals surface area contributed by atoms with Gasteiger partial charge in [0.1, 0.15) is 17.2 Å². The third-order valence-corrected chi connectivity index (χ3v) is 8.15. The number of ether oxygens (including phenoxy) is 2. The third kappa shape index (κ3) is 10.4. The Balaban J connectivity index is 0.00000417. The predicted octanol–water partition coefficient (Wildman–Crippen LogP) is 5.58. The lowest BCUT2D eigenvalue weighted by Gasteiger charge is -2.32. The molecule has 1 fully saturated rings. The zero-order valence-corrected chi connectivity index (χ0v) is 29.7. The number of para-hydroxylation sites is 1. The van der Waals surface area contributed by atoms with Crippen LogP contribution >= 0.6 is 24.8 Å². The van der Waals surface area contributed by atoms with Gasteiger partial charge in [-0.3, -0.25) is 24.5 Å². The second-order valence-corrected chi connectivity index (χ2v) is 11.5. The van der Waals surface area contributed by atoms with Gasteiger partial charge in [-0.2, -0.15) is 0 Å². The second-order valence-electron chi connectivity index (χ2n) is 11.5. The number of carbonyl (C=O) groups excluding carboxylic acids is 3. The molecule has 0 saturated carbocycles. The van der Waals surface area contributed by atoms with Crippen molar-refractivity contribution in [2.75, 3.05) is 69.9 Å². The number of piperazine rings is 1. The first kappa shape index (κ1) is 40.6. The molecule has 15 heteroatoms. The number of nitrogen functional groups attached to an aromatic ring is 1. The molecule has 3 amide bonds. The number of rotatable bonds is 13. The van der Waals surface area contributed by atoms with E-state index in [0.717, 1.165) is 51.0 Å². The molecular formula is C34H44Cl2N6O7. The van der Waals surface area contributed by atoms with Crippen LogP contribution in [0.2, 0.25) is 0 Å². The Morgan fingerprint density at radius 2 is 1.69 bits per heavy atom. The summed E-state index contributed by atoms with van der Waals surface area (Å²) in [5, 5.41) is 13.9. The number of unbranched alkanes of at least 4 members (excludes halogenated alkanes) is 2. The zero-order valence-electron chi connectivity index (χ0n) is 28.1. The first-order valence-corrected chi connectivity index (χ1v) is 15.5. The lowest BCUT2D eigenvalue weighted by molar-refractivity contribution is -0.383. The number of nitrogens with two attached hydrogens (primary N) is 1. The quantitative estimate of drug-likeness (QED) is 0.0995. The lowest BCUT2D eigenvalue weighted by atomic mass is 10.1. The number of nitro benzene ring substituents is 1. The van der Waals surface area contributed by atoms with Crippen LogP contribution in [0.1, 0.15) is 52.0 Å². The molecule has 1 saturated heterocycles. The van der Waals surface area contributed by atoms with Gasteiger partial charge in [-0.05, 0) is 75.2 Å². The molecule has 266 valence electrons. The Kier molecular flexibility index (Phi) is 15.6. The van der Waals surface area contributed by atoms with Gasteiger partial charge in [0.15, 0.2) is 0 Å². The molecule has 3 N–H and O–H groups in total. The first-order valence-electron chi connectivity index (χ1n) is 15.5. The van der Waals surface area contributed by atoms with Crippen molar-refractivity contribution in [1.29, 1.82) is 0 Å². The molecule has 0 bridgehead atoms. The highest BCUT2D eigenvalue weighted by Gasteiger charge is 2.23. The molecule has 4 rings (SSSR count). The van der Waals surface area contributed by atoms with Gasteiger partial charge >= 0.3 is 0 Å². The van der Waals surface area contributed by atoms with Gasteiger partial charge in [0.2, 0.25) is 5.91 Å². The summed E-state index contributed by atoms with van der Waals surface area (Å²) in [6, 6.07) is 14.2. The van der Waals surface area contributed by atoms with Crippen molar-refractivity contribution in [3.63, 3.8) is 0 Å². The predicted molar refractivity (Wildman–Crippen MR) is 195 cm³/mol. The van der Waals surface area contributed by atoms with Gasteiger partial charge in [0, 0.05) is 51.3 Å². The number of carbonyl (C=O) groups is 3. The molecular weight excluding hydrogens is 675 g/mol. The Hall–Kier alpha value is -4.59. The molecule has 0 radical (unpaired) electrons. The smallest absolute Gasteiger partial charge is 0.292 e. The van der Waals surface area contributed by atoms with Crippen molar-refractivity contribution >= 4 is 65.3 Å². The maximum Gasteiger partial charge on any atom is 0.292 e. The van der Waals surface area contributed by atoms with Gasteiger partial charge in [-0.1, -0.05) is 12.1 Å². The van der Waals surface area contributed by atoms with E-state index in [1.54, 1.807) is 13.1 Å². The minimum absolute atomic E-state index is 0. The summed E-state index contributed by atoms with van der Waals surface area (Å²) in [6.07, 6.45) is 2.95. The molecule has 0 aromatic heterocycles. The maximum atomic E-state index is 13.6. The summed E-state index contributed by atoms with van der Waals surface area (Å²) in [5.74, 6) is -0.00353. The number of nitrogens with zero attached hydrogens (tertiary/aromatic N) is 4. The van der Waals surface area contributed by atoms with Crippen LogP contribution in [0.4, 0.5) is 22.7 Å². The number of nitrogens with one attached hydrogen (secondary N) is 1. The van der Waals surface area contributed by atoms with Crippen molar-refractivity contribution in [3.05, 3.63) is 81.4 Å². The number of halogens is 2. The summed E-state index contributed by atoms with van der Waals surface area (Å²) in [4.78, 5) is 55.2. The molecule has 0 unspecified atom stereocenters. The van der Waals surface area contributed by atoms with Gasteiger partial charge in [-0.15, -0.1) is 24.8 Å². The highest BCUT2D eigenvalue weighted by molar-refractivity contribution is 6.10. The number of amides is 3. The normalized spacial score (nSPS) is 12.6. The van der Waals surface area contributed by atoms with Crippen molar-refractivity contribution in [3.8, 4) is 11.5 Å². The fourth-order valence-electron chi connectivity index (χ4n) is 5.30. The molecule has 0 aliphatic carbocycles. The number of aryl methyl sites for hydroxylation is 1. The van der Waals surface area contributed by atoms with Crippen molar-refractivity contribution in [2.24, 2.45) is 0 Å². The third-order valence-electron chi connectivity index (χ3n) is 8.15. The minimum atomic E-state index is -0.663. The van der Waals surface area contributed by atoms with E-state index in [9.17, 15) is 24.5 Å². The zero-order chi connectivity index (χ0) is 34.1. The van der Waals surface area contributed by atoms with Gasteiger partial charge in [0.05, 0.1) is 35.6 Å². The van der Waals surface area contributed by atoms with Crippen LogP contribution in [-0.2, 0) is 4.79 Å². The largest absolute Gasteiger partial charge is 0.495 e. The number of anilines is 3. The Morgan fingerprint density at radius 1 is 0.980 bits per heavy atom. The van der Waals surface area contributed by atoms with Crippen molar-refractivity contribution in [2.45, 2.75) is 32.6 Å². The number of methoxy groups -OCH3 is 1. The fourth-order valence-corrected chi connectivity index (χ4v) is 5.30. The molecule has 1 aliphatic heterocycles. The topological polar surface area (TPSA) is 161 Å². The van der Waals surface area contributed by atoms with Crippen LogP contribution in [0.3, 0.4) is 0 Å². The summed E-state index contributed by atoms with van der Waals surface area (Å²) < 4.78 is 11.6. The number of nitro groups is 1. The standard InChI is InChI=1S/C34H42N6O7.2ClH/c1-23-12-15-27(30(21-23)47-20-7-5-6-11-31(41)39-18-16-37(2)17-19-39)38(3)34(43)24-13-14-26(29(22-24)46-4)36-33(42)25-9-8-10-28(32(25)35)40(44)45;;/h8-10,12-15,21-22H,5-7,11,16-20,35H2,1-4H3,(H,36,42);2*1H. The molecule has 3 aromatic carbocycles. The van der Waals surface area contributed by atoms with E-state index in [4.69, 9.17) is 15.2 Å². The monoisotopic (exact) mass is 718 g/mol. The SMILES string of the molecule is COc1cc(C(=O)N(C)c2ccc(C)cc2OCCCCCC(=O)N2CCN(C)CC2)ccc1NC(=O)c1cccc([N+](=O)[O-])c1N.Cl.Cl. The fraction of sp³-hybridized carbons (Fsp3) is 0.382. The number of hydrogen-bond donors (Lipinski definition) is 2. The first-order chi connectivity index (χ1) is 22.5. The highest BCUT2D eigenvalue weighted by Crippen LogP contribution is 2.33. The van der Waals surface area contributed by atoms with Gasteiger partial charge < -0.3 is 35.2 Å². The molecule has 1 heterocycles. The van der Waals surface area contributed by atoms with E-state index in [0.29, 0.717) is 30.0 Å². The molecule has 13 nitrogen and oxygen atoms in total. The molecule has 49 heavy (non-hydrogen) atoms. The van der Waals surface area contributed by atoms with Crippen LogP contribution in [0.25, 0.3) is 0 Å². The van der Waals surface area contributed by atoms with Crippen LogP contribution in [0.5, 0.6) is 11.5 Å². The average Bonchev–Trinajstić information content (AvgIpc) is 3.06. The number of likely N-dealkylation sites (N-methyl/N-ethyl adjacent to an activating group) is 1. The summed E-state index contributed by atoms with van der Waals surface area (Å²) in [6.45, 7) is 5.78. The lowest BCUT2D eigenvalue weighted by Crippen LogP contribution is -2.47. The van der Waals surface area contributed by atoms with Gasteiger partial charge in [-0.25, -0.2) is 0 Å². The van der Waals surface area contributed by atoms with E-state index < -0.39 is 10.8 Å². The Labute approximate surface area is 298 Å². The average molecular weight is 720 g/mol. The Bertz CT molecular complexity index is 1630. The van der Waals surface area contributed by atoms with Crippen LogP contribution < -0.4 is 25.4 Å². The van der Waals surface area contributed by atoms with E-state index in [2.05, 4.69) is 17.3 Å². The molecule has 1 aliphatic rings. The number of benzene rings is 3. The van der Waals surface area contributed by atoms with E-state index in [-0.39, 0.29) is 65.0 Å². The van der Waals surface area contributed by atoms with Crippen molar-refractivity contribution in [1.82, 2.24) is 9.80 Å². The molecule has 3 aromatic rings. The number of hydrogen-bond acceptors (Lipinski definition) is 9. The van der Waals surface area contributed by atoms with Crippen molar-refractivity contribution < 1.29 is 28.8 Å². The summed E-state index contributed by atoms with van der Waals surface area (Å²) >= 11 is 0. The van der Waals surface area contributed by atoms with Gasteiger partial charge in [0.25, 0.3) is 17.5 Å². The Morgan fingerprint density at radius 3 is 2.37 bits per heavy atom. The highest BCUT2D eigenvalue weighted by atomic mass is 35.5. The summed E-state index contributed by atoms with van der Waals surface area (Å²) in [7, 11) is 5.12. The molecule has 0 spiro atoms. The minimum Gasteiger partial charge on any atom is -0.495 e. The maximum absolute atomic E-state index is 13.6. The van der Waals surface area contributed by atoms with Crippen LogP contribution in [0.15, 0.2) is 54.6 Å². The van der Waals surface area contributed by atoms with E-state index in [1.807, 2.05) is 30.0 Å². The van der Waals surface area contributed by atoms with E-state index in [1.165, 1.54) is 42.3 Å². The van der Waals surface area contributed by atoms with E-state index >= 15 is 0 Å². The molecule has 0 atom stereocenters. The second kappa shape index (κ2) is 18.8. The summed E-state index contributed by atoms with van der Waals surface area (Å²) in [5.41, 5.74) is 7.30. The van der Waals surface area contributed by atoms with Crippen LogP contribution in [0, 0.1) is 17.0 Å².